The minimum Gasteiger partial charge on any atom is -0.338 e. The Hall–Kier alpha value is -1.30. The summed E-state index contributed by atoms with van der Waals surface area (Å²) in [7, 11) is 1.85. The number of rotatable bonds is 7. The lowest BCUT2D eigenvalue weighted by molar-refractivity contribution is -0.885. The summed E-state index contributed by atoms with van der Waals surface area (Å²) in [6.07, 6.45) is 1.88. The zero-order chi connectivity index (χ0) is 16.5. The van der Waals surface area contributed by atoms with Crippen molar-refractivity contribution < 1.29 is 14.5 Å². The van der Waals surface area contributed by atoms with Crippen molar-refractivity contribution in [3.8, 4) is 0 Å². The van der Waals surface area contributed by atoms with E-state index in [1.807, 2.05) is 26.1 Å². The molecule has 1 aromatic carbocycles. The van der Waals surface area contributed by atoms with Gasteiger partial charge in [-0.05, 0) is 12.5 Å². The van der Waals surface area contributed by atoms with Crippen LogP contribution >= 0.6 is 23.2 Å². The molecule has 1 unspecified atom stereocenters. The monoisotopic (exact) mass is 346 g/mol. The number of nitrogens with one attached hydrogen (secondary N) is 3. The second kappa shape index (κ2) is 9.66. The predicted molar refractivity (Wildman–Crippen MR) is 88.4 cm³/mol. The Morgan fingerprint density at radius 3 is 2.68 bits per heavy atom. The van der Waals surface area contributed by atoms with Crippen LogP contribution in [0.5, 0.6) is 0 Å². The highest BCUT2D eigenvalue weighted by Gasteiger charge is 2.15. The first-order valence-electron chi connectivity index (χ1n) is 7.26. The Labute approximate surface area is 141 Å². The van der Waals surface area contributed by atoms with Gasteiger partial charge in [0.1, 0.15) is 6.54 Å². The molecule has 0 spiro atoms. The van der Waals surface area contributed by atoms with E-state index in [0.29, 0.717) is 23.1 Å². The summed E-state index contributed by atoms with van der Waals surface area (Å²) in [5, 5.41) is 5.94. The van der Waals surface area contributed by atoms with Crippen LogP contribution < -0.4 is 15.5 Å². The van der Waals surface area contributed by atoms with Gasteiger partial charge >= 0.3 is 6.03 Å². The standard InChI is InChI=1S/C15H21Cl2N3O2/c1-3-4-8-18-15(22)19-13(21)10-20(2)9-11-6-5-7-12(16)14(11)17/h5-7H,3-4,8-10H2,1-2H3,(H2,18,19,21,22)/p+1. The molecule has 1 rings (SSSR count). The van der Waals surface area contributed by atoms with Crippen LogP contribution in [0.4, 0.5) is 4.79 Å². The highest BCUT2D eigenvalue weighted by molar-refractivity contribution is 6.42. The van der Waals surface area contributed by atoms with Crippen LogP contribution in [0.2, 0.25) is 10.0 Å². The normalized spacial score (nSPS) is 11.8. The van der Waals surface area contributed by atoms with Crippen molar-refractivity contribution in [1.29, 1.82) is 0 Å². The summed E-state index contributed by atoms with van der Waals surface area (Å²) < 4.78 is 0. The van der Waals surface area contributed by atoms with E-state index in [4.69, 9.17) is 23.2 Å². The third kappa shape index (κ3) is 6.64. The Balaban J connectivity index is 2.41. The molecule has 0 saturated carbocycles. The highest BCUT2D eigenvalue weighted by atomic mass is 35.5. The number of urea groups is 1. The van der Waals surface area contributed by atoms with Gasteiger partial charge in [-0.2, -0.15) is 0 Å². The topological polar surface area (TPSA) is 62.6 Å². The molecule has 5 nitrogen and oxygen atoms in total. The van der Waals surface area contributed by atoms with Crippen molar-refractivity contribution in [1.82, 2.24) is 10.6 Å². The van der Waals surface area contributed by atoms with E-state index in [-0.39, 0.29) is 12.5 Å². The first-order chi connectivity index (χ1) is 10.4. The number of unbranched alkanes of at least 4 members (excludes halogenated alkanes) is 1. The Bertz CT molecular complexity index is 524. The quantitative estimate of drug-likeness (QED) is 0.657. The molecular formula is C15H22Cl2N3O2+. The maximum Gasteiger partial charge on any atom is 0.321 e. The Morgan fingerprint density at radius 1 is 1.27 bits per heavy atom. The summed E-state index contributed by atoms with van der Waals surface area (Å²) >= 11 is 12.1. The van der Waals surface area contributed by atoms with Gasteiger partial charge in [-0.15, -0.1) is 0 Å². The zero-order valence-corrected chi connectivity index (χ0v) is 14.4. The van der Waals surface area contributed by atoms with Crippen LogP contribution in [0.25, 0.3) is 0 Å². The lowest BCUT2D eigenvalue weighted by Gasteiger charge is -2.15. The van der Waals surface area contributed by atoms with Crippen LogP contribution in [0, 0.1) is 0 Å². The Morgan fingerprint density at radius 2 is 2.00 bits per heavy atom. The van der Waals surface area contributed by atoms with E-state index in [1.165, 1.54) is 0 Å². The highest BCUT2D eigenvalue weighted by Crippen LogP contribution is 2.24. The Kier molecular flexibility index (Phi) is 8.24. The summed E-state index contributed by atoms with van der Waals surface area (Å²) in [5.41, 5.74) is 0.867. The van der Waals surface area contributed by atoms with E-state index in [9.17, 15) is 9.59 Å². The fourth-order valence-electron chi connectivity index (χ4n) is 1.94. The second-order valence-corrected chi connectivity index (χ2v) is 5.97. The van der Waals surface area contributed by atoms with Crippen LogP contribution in [0.1, 0.15) is 25.3 Å². The first kappa shape index (κ1) is 18.7. The van der Waals surface area contributed by atoms with Gasteiger partial charge in [-0.25, -0.2) is 4.79 Å². The molecule has 0 aliphatic heterocycles. The number of quaternary nitrogens is 1. The number of amides is 3. The van der Waals surface area contributed by atoms with E-state index in [1.54, 1.807) is 6.07 Å². The van der Waals surface area contributed by atoms with Crippen LogP contribution in [0.15, 0.2) is 18.2 Å². The number of hydrogen-bond acceptors (Lipinski definition) is 2. The number of carbonyl (C=O) groups is 2. The van der Waals surface area contributed by atoms with E-state index in [0.717, 1.165) is 23.3 Å². The first-order valence-corrected chi connectivity index (χ1v) is 8.01. The molecule has 1 atom stereocenters. The molecule has 0 aromatic heterocycles. The summed E-state index contributed by atoms with van der Waals surface area (Å²) in [6.45, 7) is 3.31. The molecule has 0 bridgehead atoms. The van der Waals surface area contributed by atoms with Gasteiger partial charge in [0.2, 0.25) is 0 Å². The SMILES string of the molecule is CCCCNC(=O)NC(=O)C[NH+](C)Cc1cccc(Cl)c1Cl. The van der Waals surface area contributed by atoms with Gasteiger partial charge in [0.15, 0.2) is 6.54 Å². The van der Waals surface area contributed by atoms with Crippen molar-refractivity contribution in [3.63, 3.8) is 0 Å². The van der Waals surface area contributed by atoms with Gasteiger partial charge in [0.05, 0.1) is 17.1 Å². The fraction of sp³-hybridized carbons (Fsp3) is 0.467. The molecule has 1 aromatic rings. The lowest BCUT2D eigenvalue weighted by Crippen LogP contribution is -3.09. The van der Waals surface area contributed by atoms with Crippen LogP contribution in [-0.4, -0.2) is 32.1 Å². The number of benzene rings is 1. The molecule has 0 aliphatic carbocycles. The number of hydrogen-bond donors (Lipinski definition) is 3. The minimum atomic E-state index is -0.452. The maximum atomic E-state index is 11.8. The van der Waals surface area contributed by atoms with Gasteiger partial charge in [0, 0.05) is 12.1 Å². The number of halogens is 2. The largest absolute Gasteiger partial charge is 0.338 e. The molecule has 0 heterocycles. The smallest absolute Gasteiger partial charge is 0.321 e. The average molecular weight is 347 g/mol. The van der Waals surface area contributed by atoms with Crippen molar-refractivity contribution >= 4 is 35.1 Å². The molecular weight excluding hydrogens is 325 g/mol. The van der Waals surface area contributed by atoms with Gasteiger partial charge in [-0.1, -0.05) is 48.7 Å². The second-order valence-electron chi connectivity index (χ2n) is 5.18. The maximum absolute atomic E-state index is 11.8. The predicted octanol–water partition coefficient (Wildman–Crippen LogP) is 1.63. The number of imide groups is 1. The summed E-state index contributed by atoms with van der Waals surface area (Å²) in [5.74, 6) is -0.329. The minimum absolute atomic E-state index is 0.171. The van der Waals surface area contributed by atoms with Gasteiger partial charge in [0.25, 0.3) is 5.91 Å². The number of likely N-dealkylation sites (N-methyl/N-ethyl adjacent to an activating group) is 1. The van der Waals surface area contributed by atoms with Gasteiger partial charge < -0.3 is 10.2 Å². The van der Waals surface area contributed by atoms with E-state index >= 15 is 0 Å². The molecule has 0 fully saturated rings. The average Bonchev–Trinajstić information content (AvgIpc) is 2.44. The molecule has 3 amide bonds. The zero-order valence-electron chi connectivity index (χ0n) is 12.8. The van der Waals surface area contributed by atoms with E-state index in [2.05, 4.69) is 10.6 Å². The van der Waals surface area contributed by atoms with Crippen molar-refractivity contribution in [2.45, 2.75) is 26.3 Å². The van der Waals surface area contributed by atoms with Crippen molar-refractivity contribution in [2.75, 3.05) is 20.1 Å². The number of carbonyl (C=O) groups excluding carboxylic acids is 2. The van der Waals surface area contributed by atoms with Crippen LogP contribution in [-0.2, 0) is 11.3 Å². The summed E-state index contributed by atoms with van der Waals surface area (Å²) in [6, 6.07) is 4.95. The van der Waals surface area contributed by atoms with Crippen LogP contribution in [0.3, 0.4) is 0 Å². The van der Waals surface area contributed by atoms with Crippen molar-refractivity contribution in [3.05, 3.63) is 33.8 Å². The molecule has 122 valence electrons. The molecule has 22 heavy (non-hydrogen) atoms. The van der Waals surface area contributed by atoms with E-state index < -0.39 is 6.03 Å². The third-order valence-corrected chi connectivity index (χ3v) is 3.91. The third-order valence-electron chi connectivity index (χ3n) is 3.05. The molecule has 0 radical (unpaired) electrons. The van der Waals surface area contributed by atoms with Gasteiger partial charge in [-0.3, -0.25) is 10.1 Å². The molecule has 7 heteroatoms. The molecule has 0 aliphatic rings. The molecule has 3 N–H and O–H groups in total. The summed E-state index contributed by atoms with van der Waals surface area (Å²) in [4.78, 5) is 24.2. The fourth-order valence-corrected chi connectivity index (χ4v) is 2.33. The van der Waals surface area contributed by atoms with Crippen molar-refractivity contribution in [2.24, 2.45) is 0 Å². The lowest BCUT2D eigenvalue weighted by atomic mass is 10.2. The molecule has 0 saturated heterocycles.